The Hall–Kier alpha value is -2.13. The first-order valence-electron chi connectivity index (χ1n) is 29.2. The molecule has 0 aromatic rings. The molecule has 0 spiro atoms. The number of hydrogen-bond donors (Lipinski definition) is 26. The van der Waals surface area contributed by atoms with Crippen LogP contribution in [0.3, 0.4) is 0 Å². The van der Waals surface area contributed by atoms with Crippen molar-refractivity contribution in [1.29, 1.82) is 0 Å². The fourth-order valence-electron chi connectivity index (χ4n) is 11.5. The first kappa shape index (κ1) is 75.6. The largest absolute Gasteiger partial charge is 0.394 e. The third-order valence-electron chi connectivity index (χ3n) is 17.0. The third-order valence-corrected chi connectivity index (χ3v) is 17.0. The first-order valence-corrected chi connectivity index (χ1v) is 29.2. The molecule has 40 atom stereocenters. The normalized spacial score (nSPS) is 52.2. The molecule has 92 heavy (non-hydrogen) atoms. The predicted molar refractivity (Wildman–Crippen MR) is 276 cm³/mol. The summed E-state index contributed by atoms with van der Waals surface area (Å²) in [6.45, 7) is -7.02. The number of hydrogen-bond acceptors (Lipinski definition) is 41. The number of ether oxygens (including phenoxy) is 15. The summed E-state index contributed by atoms with van der Waals surface area (Å²) in [5.41, 5.74) is 0. The van der Waals surface area contributed by atoms with Gasteiger partial charge in [-0.25, -0.2) is 0 Å². The highest BCUT2D eigenvalue weighted by molar-refractivity contribution is 5.73. The molecule has 8 heterocycles. The van der Waals surface area contributed by atoms with Gasteiger partial charge in [0, 0.05) is 6.92 Å². The lowest BCUT2D eigenvalue weighted by molar-refractivity contribution is -0.400. The Morgan fingerprint density at radius 2 is 0.565 bits per heavy atom. The van der Waals surface area contributed by atoms with Crippen molar-refractivity contribution in [3.8, 4) is 0 Å². The Morgan fingerprint density at radius 1 is 0.283 bits per heavy atom. The van der Waals surface area contributed by atoms with Gasteiger partial charge in [-0.2, -0.15) is 0 Å². The second-order valence-corrected chi connectivity index (χ2v) is 23.2. The molecule has 0 aromatic heterocycles. The van der Waals surface area contributed by atoms with Crippen LogP contribution in [-0.4, -0.2) is 432 Å². The van der Waals surface area contributed by atoms with Gasteiger partial charge >= 0.3 is 0 Å². The Morgan fingerprint density at radius 3 is 0.967 bits per heavy atom. The maximum absolute atomic E-state index is 12.3. The van der Waals surface area contributed by atoms with Gasteiger partial charge in [0.25, 0.3) is 0 Å². The first-order chi connectivity index (χ1) is 43.5. The maximum Gasteiger partial charge on any atom is 0.217 e. The van der Waals surface area contributed by atoms with Crippen molar-refractivity contribution < 1.29 is 204 Å². The zero-order chi connectivity index (χ0) is 67.6. The van der Waals surface area contributed by atoms with E-state index in [2.05, 4.69) is 5.32 Å². The van der Waals surface area contributed by atoms with Crippen LogP contribution in [0.15, 0.2) is 0 Å². The average Bonchev–Trinajstić information content (AvgIpc) is 0.782. The molecule has 26 N–H and O–H groups in total. The number of aliphatic hydroxyl groups is 25. The molecule has 8 aliphatic heterocycles. The van der Waals surface area contributed by atoms with Gasteiger partial charge in [-0.05, 0) is 0 Å². The lowest BCUT2D eigenvalue weighted by atomic mass is 9.95. The fraction of sp³-hybridized carbons (Fsp3) is 0.980. The molecule has 8 fully saturated rings. The van der Waals surface area contributed by atoms with E-state index in [4.69, 9.17) is 71.1 Å². The average molecular weight is 1360 g/mol. The van der Waals surface area contributed by atoms with E-state index < -0.39 is 304 Å². The summed E-state index contributed by atoms with van der Waals surface area (Å²) in [5.74, 6) is -0.832. The van der Waals surface area contributed by atoms with Crippen LogP contribution >= 0.6 is 0 Å². The third kappa shape index (κ3) is 16.1. The van der Waals surface area contributed by atoms with Gasteiger partial charge < -0.3 is 204 Å². The number of aliphatic hydroxyl groups excluding tert-OH is 25. The van der Waals surface area contributed by atoms with Gasteiger partial charge in [0.2, 0.25) is 5.91 Å². The minimum Gasteiger partial charge on any atom is -0.394 e. The molecule has 8 saturated heterocycles. The topological polar surface area (TPSA) is 673 Å². The standard InChI is InChI=1S/C50H85NO41/c1-10(57)51-19-27(65)39(15(6-56)81-43(19)77)89-49-38(76)41(91-50-42(92-48-36(74)31(69)23(61)14(5-55)85-48)32(70)24(62)16(88-50)7-78-44-33(71)28(66)20(58)11(2-52)82-44)26(64)18(87-49)9-80-46-37(75)40(90-47-35(73)30(68)22(60)13(4-54)84-47)25(63)17(86-46)8-79-45-34(72)29(67)21(59)12(3-53)83-45/h11-50,52-56,58-77H,2-9H2,1H3,(H,51,57)/t11-,12-,13-,14-,15-,16-,17-,18-,19-,20-,21-,22-,23-,24-,25-,26-,27-,28+,29+,30+,31+,32+,33+,34+,35+,36+,37+,38+,39-,40+,41+,42+,43?,44+,45+,46+,47-,48-,49+,50-/m1/s1. The SMILES string of the molecule is CC(=O)N[C@H]1C(O)O[C@H](CO)[C@@H](O[C@@H]2O[C@H](CO[C@H]3O[C@H](CO[C@H]4O[C@H](CO)[C@@H](O)[C@H](O)[C@@H]4O)[C@@H](O)[C@H](O[C@H]4O[C@H](CO)[C@@H](O)[C@H](O)[C@@H]4O)[C@@H]3O)[C@@H](O)[C@H](O[C@H]3O[C@H](CO[C@H]4O[C@H](CO)[C@@H](O)[C@H](O)[C@@H]4O)[C@@H](O)[C@H](O)[C@@H]3O[C@H]3O[C@H](CO)[C@@H](O)[C@H](O)[C@@H]3O)[C@@H]2O)[C@@H]1O. The molecule has 1 amide bonds. The van der Waals surface area contributed by atoms with E-state index in [0.29, 0.717) is 0 Å². The van der Waals surface area contributed by atoms with Gasteiger partial charge in [-0.3, -0.25) is 4.79 Å². The Balaban J connectivity index is 1.12. The summed E-state index contributed by atoms with van der Waals surface area (Å²) >= 11 is 0. The predicted octanol–water partition coefficient (Wildman–Crippen LogP) is -18.3. The second kappa shape index (κ2) is 32.7. The molecule has 1 unspecified atom stereocenters. The van der Waals surface area contributed by atoms with Gasteiger partial charge in [-0.15, -0.1) is 0 Å². The number of rotatable bonds is 23. The molecule has 0 radical (unpaired) electrons. The summed E-state index contributed by atoms with van der Waals surface area (Å²) in [6.07, 6.45) is -80.2. The molecule has 0 bridgehead atoms. The van der Waals surface area contributed by atoms with E-state index in [0.717, 1.165) is 6.92 Å². The van der Waals surface area contributed by atoms with Crippen molar-refractivity contribution in [2.75, 3.05) is 52.9 Å². The van der Waals surface area contributed by atoms with Gasteiger partial charge in [-0.1, -0.05) is 0 Å². The van der Waals surface area contributed by atoms with E-state index in [-0.39, 0.29) is 0 Å². The van der Waals surface area contributed by atoms with E-state index in [1.165, 1.54) is 0 Å². The molecule has 0 aromatic carbocycles. The summed E-state index contributed by atoms with van der Waals surface area (Å²) in [5, 5.41) is 273. The Labute approximate surface area is 519 Å². The molecule has 8 aliphatic rings. The summed E-state index contributed by atoms with van der Waals surface area (Å²) in [4.78, 5) is 12.2. The van der Waals surface area contributed by atoms with Gasteiger partial charge in [0.1, 0.15) is 195 Å². The van der Waals surface area contributed by atoms with Crippen LogP contribution in [0.1, 0.15) is 6.92 Å². The number of amides is 1. The highest BCUT2D eigenvalue weighted by atomic mass is 16.8. The van der Waals surface area contributed by atoms with Crippen LogP contribution in [0.4, 0.5) is 0 Å². The number of carbonyl (C=O) groups excluding carboxylic acids is 1. The molecule has 0 aliphatic carbocycles. The zero-order valence-electron chi connectivity index (χ0n) is 48.5. The van der Waals surface area contributed by atoms with E-state index >= 15 is 0 Å². The van der Waals surface area contributed by atoms with Crippen molar-refractivity contribution in [1.82, 2.24) is 5.32 Å². The molecule has 0 saturated carbocycles. The van der Waals surface area contributed by atoms with Crippen LogP contribution in [-0.2, 0) is 75.8 Å². The zero-order valence-corrected chi connectivity index (χ0v) is 48.5. The van der Waals surface area contributed by atoms with Crippen LogP contribution in [0.25, 0.3) is 0 Å². The molecule has 42 nitrogen and oxygen atoms in total. The monoisotopic (exact) mass is 1360 g/mol. The van der Waals surface area contributed by atoms with Crippen LogP contribution < -0.4 is 5.32 Å². The maximum atomic E-state index is 12.3. The smallest absolute Gasteiger partial charge is 0.217 e. The van der Waals surface area contributed by atoms with Crippen LogP contribution in [0.2, 0.25) is 0 Å². The van der Waals surface area contributed by atoms with Crippen LogP contribution in [0, 0.1) is 0 Å². The number of carbonyl (C=O) groups is 1. The van der Waals surface area contributed by atoms with Crippen molar-refractivity contribution in [3.05, 3.63) is 0 Å². The molecular weight excluding hydrogens is 1270 g/mol. The highest BCUT2D eigenvalue weighted by Gasteiger charge is 2.59. The summed E-state index contributed by atoms with van der Waals surface area (Å²) in [7, 11) is 0. The summed E-state index contributed by atoms with van der Waals surface area (Å²) < 4.78 is 85.8. The van der Waals surface area contributed by atoms with Crippen molar-refractivity contribution in [2.24, 2.45) is 0 Å². The Kier molecular flexibility index (Phi) is 26.9. The second-order valence-electron chi connectivity index (χ2n) is 23.2. The molecular formula is C50H85NO41. The van der Waals surface area contributed by atoms with Crippen molar-refractivity contribution in [2.45, 2.75) is 253 Å². The van der Waals surface area contributed by atoms with Gasteiger partial charge in [0.05, 0.1) is 52.9 Å². The van der Waals surface area contributed by atoms with Crippen molar-refractivity contribution >= 4 is 5.91 Å². The van der Waals surface area contributed by atoms with E-state index in [1.807, 2.05) is 0 Å². The van der Waals surface area contributed by atoms with E-state index in [1.54, 1.807) is 0 Å². The van der Waals surface area contributed by atoms with Gasteiger partial charge in [0.15, 0.2) is 50.3 Å². The minimum atomic E-state index is -2.48. The highest BCUT2D eigenvalue weighted by Crippen LogP contribution is 2.38. The quantitative estimate of drug-likeness (QED) is 0.0452. The molecule has 536 valence electrons. The Bertz CT molecular complexity index is 2250. The van der Waals surface area contributed by atoms with E-state index in [9.17, 15) is 132 Å². The number of nitrogens with one attached hydrogen (secondary N) is 1. The minimum absolute atomic E-state index is 0.832. The molecule has 42 heteroatoms. The summed E-state index contributed by atoms with van der Waals surface area (Å²) in [6, 6.07) is -1.74. The van der Waals surface area contributed by atoms with Crippen molar-refractivity contribution in [3.63, 3.8) is 0 Å². The molecule has 8 rings (SSSR count). The lowest BCUT2D eigenvalue weighted by Gasteiger charge is -2.50. The fourth-order valence-corrected chi connectivity index (χ4v) is 11.5. The lowest BCUT2D eigenvalue weighted by Crippen LogP contribution is -2.69. The van der Waals surface area contributed by atoms with Crippen LogP contribution in [0.5, 0.6) is 0 Å².